The molecular formula is C62H44F2N12O. The van der Waals surface area contributed by atoms with Gasteiger partial charge in [0, 0.05) is 74.8 Å². The summed E-state index contributed by atoms with van der Waals surface area (Å²) in [6, 6.07) is 46.2. The molecule has 1 aliphatic heterocycles. The first-order valence-corrected chi connectivity index (χ1v) is 25.4. The van der Waals surface area contributed by atoms with E-state index in [9.17, 15) is 9.18 Å². The molecule has 13 nitrogen and oxygen atoms in total. The number of aromatic nitrogens is 10. The van der Waals surface area contributed by atoms with Gasteiger partial charge in [-0.2, -0.15) is 10.2 Å². The first kappa shape index (κ1) is 45.6. The van der Waals surface area contributed by atoms with Crippen LogP contribution in [0, 0.1) is 11.6 Å². The number of amides is 1. The second kappa shape index (κ2) is 18.7. The minimum absolute atomic E-state index is 0.293. The average molecular weight is 1010 g/mol. The van der Waals surface area contributed by atoms with Crippen molar-refractivity contribution in [3.63, 3.8) is 0 Å². The van der Waals surface area contributed by atoms with E-state index in [0.717, 1.165) is 97.2 Å². The number of hydrogen-bond donors (Lipinski definition) is 5. The number of H-pyrrole nitrogens is 4. The lowest BCUT2D eigenvalue weighted by atomic mass is 9.95. The largest absolute Gasteiger partial charge is 0.353 e. The molecule has 1 amide bonds. The molecule has 0 atom stereocenters. The zero-order chi connectivity index (χ0) is 51.6. The number of nitrogens with zero attached hydrogens (tertiary/aromatic N) is 7. The smallest absolute Gasteiger partial charge is 0.255 e. The predicted octanol–water partition coefficient (Wildman–Crippen LogP) is 13.8. The number of halogens is 2. The number of anilines is 1. The van der Waals surface area contributed by atoms with Gasteiger partial charge in [0.2, 0.25) is 0 Å². The fourth-order valence-corrected chi connectivity index (χ4v) is 10.7. The third-order valence-electron chi connectivity index (χ3n) is 14.5. The van der Waals surface area contributed by atoms with Crippen molar-refractivity contribution in [3.05, 3.63) is 199 Å². The Morgan fingerprint density at radius 1 is 0.545 bits per heavy atom. The van der Waals surface area contributed by atoms with Crippen molar-refractivity contribution in [1.82, 2.24) is 55.2 Å². The molecule has 1 fully saturated rings. The molecule has 14 rings (SSSR count). The number of likely N-dealkylation sites (tertiary alicyclic amines) is 1. The lowest BCUT2D eigenvalue weighted by Crippen LogP contribution is -2.18. The Morgan fingerprint density at radius 3 is 1.99 bits per heavy atom. The molecule has 1 saturated heterocycles. The van der Waals surface area contributed by atoms with E-state index in [2.05, 4.69) is 52.5 Å². The highest BCUT2D eigenvalue weighted by molar-refractivity contribution is 6.07. The molecule has 0 spiro atoms. The van der Waals surface area contributed by atoms with E-state index in [4.69, 9.17) is 20.2 Å². The van der Waals surface area contributed by atoms with Crippen molar-refractivity contribution in [2.24, 2.45) is 0 Å². The molecule has 1 aliphatic rings. The van der Waals surface area contributed by atoms with Crippen LogP contribution in [0.25, 0.3) is 123 Å². The number of pyridine rings is 4. The van der Waals surface area contributed by atoms with Crippen LogP contribution < -0.4 is 5.32 Å². The van der Waals surface area contributed by atoms with Gasteiger partial charge in [-0.3, -0.25) is 29.9 Å². The van der Waals surface area contributed by atoms with Gasteiger partial charge in [-0.1, -0.05) is 60.7 Å². The van der Waals surface area contributed by atoms with Gasteiger partial charge in [-0.15, -0.1) is 0 Å². The van der Waals surface area contributed by atoms with E-state index in [-0.39, 0.29) is 11.7 Å². The quantitative estimate of drug-likeness (QED) is 0.0851. The minimum atomic E-state index is -0.455. The molecule has 0 unspecified atom stereocenters. The highest BCUT2D eigenvalue weighted by Crippen LogP contribution is 2.41. The molecule has 77 heavy (non-hydrogen) atoms. The van der Waals surface area contributed by atoms with Gasteiger partial charge in [0.15, 0.2) is 0 Å². The second-order valence-corrected chi connectivity index (χ2v) is 19.5. The van der Waals surface area contributed by atoms with Crippen LogP contribution in [0.2, 0.25) is 0 Å². The Bertz CT molecular complexity index is 4420. The summed E-state index contributed by atoms with van der Waals surface area (Å²) < 4.78 is 30.9. The number of fused-ring (bicyclic) bond motifs is 4. The fraction of sp³-hybridized carbons (Fsp3) is 0.0806. The van der Waals surface area contributed by atoms with Crippen LogP contribution in [0.4, 0.5) is 14.5 Å². The van der Waals surface area contributed by atoms with Crippen molar-refractivity contribution in [2.75, 3.05) is 18.4 Å². The third-order valence-corrected chi connectivity index (χ3v) is 14.5. The first-order chi connectivity index (χ1) is 37.8. The highest BCUT2D eigenvalue weighted by Gasteiger charge is 2.23. The van der Waals surface area contributed by atoms with E-state index >= 15 is 4.39 Å². The maximum absolute atomic E-state index is 16.8. The van der Waals surface area contributed by atoms with Gasteiger partial charge < -0.3 is 15.3 Å². The Hall–Kier alpha value is -9.99. The van der Waals surface area contributed by atoms with Gasteiger partial charge in [0.1, 0.15) is 34.1 Å². The molecule has 0 bridgehead atoms. The summed E-state index contributed by atoms with van der Waals surface area (Å²) in [5.74, 6) is -1.06. The van der Waals surface area contributed by atoms with Crippen LogP contribution >= 0.6 is 0 Å². The zero-order valence-corrected chi connectivity index (χ0v) is 41.1. The predicted molar refractivity (Wildman–Crippen MR) is 298 cm³/mol. The average Bonchev–Trinajstić information content (AvgIpc) is 4.37. The molecule has 5 N–H and O–H groups in total. The molecule has 0 saturated carbocycles. The number of rotatable bonds is 11. The van der Waals surface area contributed by atoms with Crippen molar-refractivity contribution >= 4 is 55.5 Å². The Balaban J connectivity index is 0.866. The summed E-state index contributed by atoms with van der Waals surface area (Å²) in [4.78, 5) is 42.3. The van der Waals surface area contributed by atoms with Crippen molar-refractivity contribution in [2.45, 2.75) is 19.4 Å². The lowest BCUT2D eigenvalue weighted by Gasteiger charge is -2.14. The maximum atomic E-state index is 16.8. The molecule has 13 aromatic rings. The normalized spacial score (nSPS) is 12.9. The van der Waals surface area contributed by atoms with E-state index in [1.54, 1.807) is 60.9 Å². The summed E-state index contributed by atoms with van der Waals surface area (Å²) in [7, 11) is 0. The van der Waals surface area contributed by atoms with Crippen LogP contribution in [0.1, 0.15) is 28.8 Å². The van der Waals surface area contributed by atoms with Crippen LogP contribution in [-0.2, 0) is 6.54 Å². The summed E-state index contributed by atoms with van der Waals surface area (Å²) in [5, 5.41) is 20.8. The van der Waals surface area contributed by atoms with E-state index in [1.165, 1.54) is 31.0 Å². The van der Waals surface area contributed by atoms with Gasteiger partial charge in [0.05, 0.1) is 45.7 Å². The van der Waals surface area contributed by atoms with Gasteiger partial charge in [-0.05, 0) is 145 Å². The second-order valence-electron chi connectivity index (χ2n) is 19.5. The number of benzene rings is 5. The fourth-order valence-electron chi connectivity index (χ4n) is 10.7. The van der Waals surface area contributed by atoms with E-state index < -0.39 is 5.82 Å². The SMILES string of the molecule is O=C(Nc1cncc(-c2cc(-c3cc(-c4cccc5[nH]c(-c6n[nH]c7ccc(-c8cncc(CN9CCCC9)c8)nc67)cc45)ccc3F)c3[nH]nc(-c4cc5c(-c6ccc(F)cc6)cccc5[nH]4)c3n2)c1)c1ccccc1. The minimum Gasteiger partial charge on any atom is -0.353 e. The number of aromatic amines is 4. The summed E-state index contributed by atoms with van der Waals surface area (Å²) in [5.41, 5.74) is 16.0. The monoisotopic (exact) mass is 1010 g/mol. The Morgan fingerprint density at radius 2 is 1.22 bits per heavy atom. The maximum Gasteiger partial charge on any atom is 0.255 e. The topological polar surface area (TPSA) is 173 Å². The van der Waals surface area contributed by atoms with E-state index in [1.807, 2.05) is 85.2 Å². The van der Waals surface area contributed by atoms with E-state index in [0.29, 0.717) is 61.8 Å². The van der Waals surface area contributed by atoms with Gasteiger partial charge in [0.25, 0.3) is 5.91 Å². The number of carbonyl (C=O) groups is 1. The third kappa shape index (κ3) is 8.44. The molecule has 8 aromatic heterocycles. The van der Waals surface area contributed by atoms with Crippen molar-refractivity contribution in [1.29, 1.82) is 0 Å². The van der Waals surface area contributed by atoms with Crippen LogP contribution in [0.15, 0.2) is 176 Å². The molecule has 372 valence electrons. The summed E-state index contributed by atoms with van der Waals surface area (Å²) >= 11 is 0. The standard InChI is InChI=1S/C62H44F2N12O/c63-41-17-14-36(15-18-41)43-10-6-12-51-46(43)27-56(69-51)60-61-57(73-75-60)48(29-54(71-61)40-25-42(33-66-32-40)67-62(77)37-8-2-1-3-9-37)45-26-38(16-19-49(45)64)44-11-7-13-52-47(44)28-55(68-52)59-58-53(72-74-59)21-20-50(70-58)39-24-35(30-65-31-39)34-76-22-4-5-23-76/h1-3,6-21,24-33,68-69H,4-5,22-23,34H2,(H,67,77)(H,72,74)(H,73,75). The van der Waals surface area contributed by atoms with Crippen molar-refractivity contribution in [3.8, 4) is 78.7 Å². The van der Waals surface area contributed by atoms with Crippen LogP contribution in [0.3, 0.4) is 0 Å². The first-order valence-electron chi connectivity index (χ1n) is 25.4. The van der Waals surface area contributed by atoms with Crippen LogP contribution in [0.5, 0.6) is 0 Å². The van der Waals surface area contributed by atoms with Crippen molar-refractivity contribution < 1.29 is 13.6 Å². The zero-order valence-electron chi connectivity index (χ0n) is 41.1. The molecule has 9 heterocycles. The molecule has 0 radical (unpaired) electrons. The number of carbonyl (C=O) groups excluding carboxylic acids is 1. The molecular weight excluding hydrogens is 967 g/mol. The lowest BCUT2D eigenvalue weighted by molar-refractivity contribution is 0.102. The Labute approximate surface area is 438 Å². The number of hydrogen-bond acceptors (Lipinski definition) is 8. The van der Waals surface area contributed by atoms with Gasteiger partial charge >= 0.3 is 0 Å². The van der Waals surface area contributed by atoms with Gasteiger partial charge in [-0.25, -0.2) is 18.7 Å². The van der Waals surface area contributed by atoms with Crippen LogP contribution in [-0.4, -0.2) is 74.2 Å². The Kier molecular flexibility index (Phi) is 11.1. The number of nitrogens with one attached hydrogen (secondary N) is 5. The molecule has 15 heteroatoms. The summed E-state index contributed by atoms with van der Waals surface area (Å²) in [6.07, 6.45) is 9.48. The highest BCUT2D eigenvalue weighted by atomic mass is 19.1. The molecule has 0 aliphatic carbocycles. The molecule has 5 aromatic carbocycles. The summed E-state index contributed by atoms with van der Waals surface area (Å²) in [6.45, 7) is 3.07.